The van der Waals surface area contributed by atoms with Gasteiger partial charge in [-0.2, -0.15) is 0 Å². The van der Waals surface area contributed by atoms with Gasteiger partial charge in [-0.15, -0.1) is 0 Å². The molecule has 2 aromatic heterocycles. The predicted octanol–water partition coefficient (Wildman–Crippen LogP) is 1.60. The number of amides is 1. The number of nitrogens with one attached hydrogen (secondary N) is 2. The van der Waals surface area contributed by atoms with Crippen LogP contribution in [0.4, 0.5) is 0 Å². The molecule has 0 aromatic carbocycles. The Labute approximate surface area is 145 Å². The maximum atomic E-state index is 12.5. The Kier molecular flexibility index (Phi) is 3.88. The number of piperidine rings is 1. The van der Waals surface area contributed by atoms with E-state index in [0.717, 1.165) is 30.5 Å². The van der Waals surface area contributed by atoms with E-state index in [1.807, 2.05) is 4.90 Å². The maximum Gasteiger partial charge on any atom is 0.246 e. The number of carbonyl (C=O) groups is 2. The molecule has 1 amide bonds. The van der Waals surface area contributed by atoms with Crippen LogP contribution in [-0.4, -0.2) is 50.7 Å². The van der Waals surface area contributed by atoms with Gasteiger partial charge in [-0.25, -0.2) is 9.97 Å². The van der Waals surface area contributed by atoms with E-state index < -0.39 is 0 Å². The van der Waals surface area contributed by atoms with E-state index in [2.05, 4.69) is 26.8 Å². The minimum Gasteiger partial charge on any atom is -0.345 e. The van der Waals surface area contributed by atoms with Gasteiger partial charge in [0.2, 0.25) is 5.91 Å². The van der Waals surface area contributed by atoms with Crippen molar-refractivity contribution in [3.05, 3.63) is 36.4 Å². The molecule has 2 aliphatic rings. The highest BCUT2D eigenvalue weighted by molar-refractivity contribution is 6.07. The molecule has 1 unspecified atom stereocenters. The number of H-pyrrole nitrogens is 1. The van der Waals surface area contributed by atoms with E-state index in [-0.39, 0.29) is 23.8 Å². The Bertz CT molecular complexity index is 858. The molecule has 4 rings (SSSR count). The van der Waals surface area contributed by atoms with Gasteiger partial charge in [0.15, 0.2) is 5.78 Å². The molecule has 7 heteroatoms. The van der Waals surface area contributed by atoms with Crippen LogP contribution in [0.15, 0.2) is 25.2 Å². The second-order valence-electron chi connectivity index (χ2n) is 6.74. The zero-order valence-electron chi connectivity index (χ0n) is 14.2. The van der Waals surface area contributed by atoms with Crippen molar-refractivity contribution in [1.82, 2.24) is 25.2 Å². The summed E-state index contributed by atoms with van der Waals surface area (Å²) in [6.45, 7) is 6.78. The maximum absolute atomic E-state index is 12.5. The molecule has 25 heavy (non-hydrogen) atoms. The Morgan fingerprint density at radius 2 is 2.20 bits per heavy atom. The first-order valence-electron chi connectivity index (χ1n) is 8.61. The average molecular weight is 339 g/mol. The zero-order valence-corrected chi connectivity index (χ0v) is 14.2. The standard InChI is InChI=1S/C18H21N5O2/c1-3-13(25)23-7-5-11-4-6-19-15(11)17(23)16-14-12(10(2)24)8-20-18(14)22-9-21-16/h3,8-9,11,15,17,19H,1,4-7H2,2H3,(H,20,21,22)/t11-,15-,17?/m1/s1. The largest absolute Gasteiger partial charge is 0.345 e. The monoisotopic (exact) mass is 339 g/mol. The number of hydrogen-bond acceptors (Lipinski definition) is 5. The van der Waals surface area contributed by atoms with Crippen molar-refractivity contribution in [2.75, 3.05) is 13.1 Å². The number of carbonyl (C=O) groups excluding carboxylic acids is 2. The topological polar surface area (TPSA) is 91.0 Å². The highest BCUT2D eigenvalue weighted by atomic mass is 16.2. The normalized spacial score (nSPS) is 25.8. The second kappa shape index (κ2) is 6.07. The highest BCUT2D eigenvalue weighted by Gasteiger charge is 2.44. The Hall–Kier alpha value is -2.54. The Balaban J connectivity index is 1.91. The summed E-state index contributed by atoms with van der Waals surface area (Å²) in [5, 5.41) is 4.26. The number of rotatable bonds is 3. The summed E-state index contributed by atoms with van der Waals surface area (Å²) in [6, 6.07) is -0.100. The summed E-state index contributed by atoms with van der Waals surface area (Å²) in [4.78, 5) is 38.2. The van der Waals surface area contributed by atoms with Gasteiger partial charge in [0.1, 0.15) is 12.0 Å². The van der Waals surface area contributed by atoms with E-state index in [4.69, 9.17) is 0 Å². The molecule has 0 bridgehead atoms. The number of nitrogens with zero attached hydrogens (tertiary/aromatic N) is 3. The number of fused-ring (bicyclic) bond motifs is 2. The smallest absolute Gasteiger partial charge is 0.246 e. The summed E-state index contributed by atoms with van der Waals surface area (Å²) in [5.41, 5.74) is 1.92. The fourth-order valence-corrected chi connectivity index (χ4v) is 4.28. The summed E-state index contributed by atoms with van der Waals surface area (Å²) >= 11 is 0. The Morgan fingerprint density at radius 1 is 1.36 bits per heavy atom. The van der Waals surface area contributed by atoms with Gasteiger partial charge < -0.3 is 15.2 Å². The minimum atomic E-state index is -0.230. The quantitative estimate of drug-likeness (QED) is 0.655. The number of hydrogen-bond donors (Lipinski definition) is 2. The van der Waals surface area contributed by atoms with Crippen LogP contribution in [0, 0.1) is 5.92 Å². The lowest BCUT2D eigenvalue weighted by molar-refractivity contribution is -0.131. The molecule has 0 radical (unpaired) electrons. The van der Waals surface area contributed by atoms with Crippen LogP contribution in [0.2, 0.25) is 0 Å². The molecule has 2 N–H and O–H groups in total. The molecular weight excluding hydrogens is 318 g/mol. The SMILES string of the molecule is C=CC(=O)N1CC[C@H]2CCN[C@H]2C1c1ncnc2[nH]cc(C(C)=O)c12. The van der Waals surface area contributed by atoms with E-state index in [0.29, 0.717) is 23.7 Å². The molecule has 2 aliphatic heterocycles. The van der Waals surface area contributed by atoms with Gasteiger partial charge in [-0.3, -0.25) is 9.59 Å². The molecule has 4 heterocycles. The van der Waals surface area contributed by atoms with Crippen molar-refractivity contribution in [3.63, 3.8) is 0 Å². The van der Waals surface area contributed by atoms with Crippen LogP contribution >= 0.6 is 0 Å². The van der Waals surface area contributed by atoms with Crippen LogP contribution in [-0.2, 0) is 4.79 Å². The fraction of sp³-hybridized carbons (Fsp3) is 0.444. The van der Waals surface area contributed by atoms with Gasteiger partial charge in [0.25, 0.3) is 0 Å². The third kappa shape index (κ3) is 2.46. The van der Waals surface area contributed by atoms with Crippen molar-refractivity contribution < 1.29 is 9.59 Å². The molecule has 7 nitrogen and oxygen atoms in total. The lowest BCUT2D eigenvalue weighted by atomic mass is 9.83. The van der Waals surface area contributed by atoms with Crippen molar-refractivity contribution in [2.24, 2.45) is 5.92 Å². The number of aromatic amines is 1. The molecular formula is C18H21N5O2. The van der Waals surface area contributed by atoms with Gasteiger partial charge in [-0.05, 0) is 38.3 Å². The summed E-state index contributed by atoms with van der Waals surface area (Å²) in [7, 11) is 0. The van der Waals surface area contributed by atoms with Crippen molar-refractivity contribution in [2.45, 2.75) is 31.8 Å². The van der Waals surface area contributed by atoms with Gasteiger partial charge in [-0.1, -0.05) is 6.58 Å². The van der Waals surface area contributed by atoms with Gasteiger partial charge in [0, 0.05) is 24.3 Å². The highest BCUT2D eigenvalue weighted by Crippen LogP contribution is 2.40. The molecule has 3 atom stereocenters. The first-order chi connectivity index (χ1) is 12.1. The summed E-state index contributed by atoms with van der Waals surface area (Å²) in [5.74, 6) is 0.350. The predicted molar refractivity (Wildman–Crippen MR) is 93.1 cm³/mol. The Morgan fingerprint density at radius 3 is 2.96 bits per heavy atom. The van der Waals surface area contributed by atoms with E-state index >= 15 is 0 Å². The molecule has 130 valence electrons. The van der Waals surface area contributed by atoms with Crippen LogP contribution in [0.1, 0.15) is 41.9 Å². The number of aromatic nitrogens is 3. The summed E-state index contributed by atoms with van der Waals surface area (Å²) in [6.07, 6.45) is 6.58. The number of ketones is 1. The van der Waals surface area contributed by atoms with Crippen molar-refractivity contribution in [1.29, 1.82) is 0 Å². The van der Waals surface area contributed by atoms with Crippen LogP contribution < -0.4 is 5.32 Å². The van der Waals surface area contributed by atoms with Crippen molar-refractivity contribution in [3.8, 4) is 0 Å². The molecule has 2 saturated heterocycles. The zero-order chi connectivity index (χ0) is 17.6. The molecule has 2 fully saturated rings. The van der Waals surface area contributed by atoms with E-state index in [9.17, 15) is 9.59 Å². The number of likely N-dealkylation sites (tertiary alicyclic amines) is 1. The van der Waals surface area contributed by atoms with Crippen LogP contribution in [0.3, 0.4) is 0 Å². The minimum absolute atomic E-state index is 0.0457. The van der Waals surface area contributed by atoms with Gasteiger partial charge in [0.05, 0.1) is 17.1 Å². The fourth-order valence-electron chi connectivity index (χ4n) is 4.28. The molecule has 0 saturated carbocycles. The molecule has 2 aromatic rings. The first-order valence-corrected chi connectivity index (χ1v) is 8.61. The van der Waals surface area contributed by atoms with Crippen molar-refractivity contribution >= 4 is 22.7 Å². The molecule has 0 spiro atoms. The summed E-state index contributed by atoms with van der Waals surface area (Å²) < 4.78 is 0. The second-order valence-corrected chi connectivity index (χ2v) is 6.74. The lowest BCUT2D eigenvalue weighted by Crippen LogP contribution is -2.51. The lowest BCUT2D eigenvalue weighted by Gasteiger charge is -2.42. The van der Waals surface area contributed by atoms with E-state index in [1.165, 1.54) is 19.3 Å². The average Bonchev–Trinajstić information content (AvgIpc) is 3.26. The van der Waals surface area contributed by atoms with Gasteiger partial charge >= 0.3 is 0 Å². The number of Topliss-reactive ketones (excluding diaryl/α,β-unsaturated/α-hetero) is 1. The van der Waals surface area contributed by atoms with Crippen LogP contribution in [0.5, 0.6) is 0 Å². The molecule has 0 aliphatic carbocycles. The first kappa shape index (κ1) is 16.0. The van der Waals surface area contributed by atoms with E-state index in [1.54, 1.807) is 6.20 Å². The third-order valence-electron chi connectivity index (χ3n) is 5.44. The third-order valence-corrected chi connectivity index (χ3v) is 5.44. The van der Waals surface area contributed by atoms with Crippen LogP contribution in [0.25, 0.3) is 11.0 Å².